The van der Waals surface area contributed by atoms with E-state index in [2.05, 4.69) is 5.32 Å². The summed E-state index contributed by atoms with van der Waals surface area (Å²) < 4.78 is 5.23. The summed E-state index contributed by atoms with van der Waals surface area (Å²) in [7, 11) is 0. The van der Waals surface area contributed by atoms with E-state index < -0.39 is 18.2 Å². The Hall–Kier alpha value is -2.06. The number of aliphatic carboxylic acids is 1. The van der Waals surface area contributed by atoms with Crippen LogP contribution in [0.2, 0.25) is 0 Å². The van der Waals surface area contributed by atoms with Gasteiger partial charge in [-0.15, -0.1) is 11.8 Å². The number of hydrogen-bond donors (Lipinski definition) is 3. The van der Waals surface area contributed by atoms with Crippen LogP contribution in [-0.4, -0.2) is 40.9 Å². The molecule has 23 heavy (non-hydrogen) atoms. The number of nitrogens with one attached hydrogen (secondary N) is 1. The topological polar surface area (TPSA) is 119 Å². The van der Waals surface area contributed by atoms with Crippen molar-refractivity contribution in [3.05, 3.63) is 24.3 Å². The summed E-state index contributed by atoms with van der Waals surface area (Å²) in [6.45, 7) is 0. The van der Waals surface area contributed by atoms with E-state index >= 15 is 0 Å². The van der Waals surface area contributed by atoms with Crippen molar-refractivity contribution < 1.29 is 24.2 Å². The maximum atomic E-state index is 12.2. The molecule has 1 saturated heterocycles. The number of amides is 2. The van der Waals surface area contributed by atoms with Crippen molar-refractivity contribution in [2.45, 2.75) is 36.4 Å². The highest BCUT2D eigenvalue weighted by Gasteiger charge is 2.34. The van der Waals surface area contributed by atoms with Gasteiger partial charge in [0, 0.05) is 17.1 Å². The molecule has 1 aromatic carbocycles. The van der Waals surface area contributed by atoms with Crippen molar-refractivity contribution in [3.63, 3.8) is 0 Å². The van der Waals surface area contributed by atoms with Crippen LogP contribution in [0.15, 0.2) is 29.2 Å². The molecule has 0 aliphatic carbocycles. The zero-order valence-electron chi connectivity index (χ0n) is 12.4. The van der Waals surface area contributed by atoms with Gasteiger partial charge in [0.2, 0.25) is 5.91 Å². The van der Waals surface area contributed by atoms with E-state index in [4.69, 9.17) is 15.6 Å². The Morgan fingerprint density at radius 2 is 1.96 bits per heavy atom. The number of carbonyl (C=O) groups excluding carboxylic acids is 2. The Bertz CT molecular complexity index is 607. The first-order valence-corrected chi connectivity index (χ1v) is 8.15. The first-order chi connectivity index (χ1) is 11.0. The summed E-state index contributed by atoms with van der Waals surface area (Å²) in [5.41, 5.74) is 5.71. The molecule has 0 unspecified atom stereocenters. The van der Waals surface area contributed by atoms with E-state index in [9.17, 15) is 14.4 Å². The monoisotopic (exact) mass is 338 g/mol. The Morgan fingerprint density at radius 1 is 1.26 bits per heavy atom. The Kier molecular flexibility index (Phi) is 6.00. The smallest absolute Gasteiger partial charge is 0.332 e. The molecule has 0 saturated carbocycles. The fourth-order valence-corrected chi connectivity index (χ4v) is 3.15. The number of thioether (sulfide) groups is 1. The number of carboxylic acid groups (broad SMARTS) is 1. The van der Waals surface area contributed by atoms with E-state index in [1.54, 1.807) is 12.1 Å². The summed E-state index contributed by atoms with van der Waals surface area (Å²) in [6.07, 6.45) is -0.744. The lowest BCUT2D eigenvalue weighted by atomic mass is 10.2. The molecule has 1 aliphatic rings. The third-order valence-electron chi connectivity index (χ3n) is 3.34. The van der Waals surface area contributed by atoms with Crippen molar-refractivity contribution in [3.8, 4) is 0 Å². The van der Waals surface area contributed by atoms with Gasteiger partial charge in [0.05, 0.1) is 5.69 Å². The number of anilines is 1. The van der Waals surface area contributed by atoms with Gasteiger partial charge < -0.3 is 20.9 Å². The Balaban J connectivity index is 1.95. The normalized spacial score (nSPS) is 20.2. The molecule has 1 heterocycles. The fourth-order valence-electron chi connectivity index (χ4n) is 2.18. The number of primary amides is 1. The first kappa shape index (κ1) is 17.3. The number of rotatable bonds is 7. The van der Waals surface area contributed by atoms with Crippen LogP contribution in [0.4, 0.5) is 5.69 Å². The highest BCUT2D eigenvalue weighted by molar-refractivity contribution is 7.99. The number of carbonyl (C=O) groups is 3. The average molecular weight is 338 g/mol. The predicted octanol–water partition coefficient (Wildman–Crippen LogP) is 1.22. The second kappa shape index (κ2) is 7.98. The minimum absolute atomic E-state index is 0.249. The van der Waals surface area contributed by atoms with Crippen LogP contribution in [0.5, 0.6) is 0 Å². The maximum absolute atomic E-state index is 12.2. The molecule has 1 aliphatic heterocycles. The van der Waals surface area contributed by atoms with Gasteiger partial charge in [0.1, 0.15) is 6.10 Å². The molecule has 2 rings (SSSR count). The summed E-state index contributed by atoms with van der Waals surface area (Å²) in [5.74, 6) is -1.28. The van der Waals surface area contributed by atoms with E-state index in [-0.39, 0.29) is 18.2 Å². The maximum Gasteiger partial charge on any atom is 0.332 e. The number of hydrogen-bond acceptors (Lipinski definition) is 5. The van der Waals surface area contributed by atoms with Crippen molar-refractivity contribution in [1.82, 2.24) is 0 Å². The van der Waals surface area contributed by atoms with E-state index in [1.165, 1.54) is 11.8 Å². The van der Waals surface area contributed by atoms with E-state index in [0.29, 0.717) is 24.3 Å². The van der Waals surface area contributed by atoms with Crippen LogP contribution in [0, 0.1) is 0 Å². The molecule has 4 N–H and O–H groups in total. The summed E-state index contributed by atoms with van der Waals surface area (Å²) in [6, 6.07) is 7.18. The molecule has 8 heteroatoms. The van der Waals surface area contributed by atoms with Gasteiger partial charge in [-0.1, -0.05) is 12.1 Å². The molecule has 2 amide bonds. The van der Waals surface area contributed by atoms with Crippen molar-refractivity contribution in [2.24, 2.45) is 5.73 Å². The van der Waals surface area contributed by atoms with Crippen LogP contribution >= 0.6 is 11.8 Å². The quantitative estimate of drug-likeness (QED) is 0.643. The zero-order valence-corrected chi connectivity index (χ0v) is 13.2. The molecule has 124 valence electrons. The van der Waals surface area contributed by atoms with Gasteiger partial charge in [-0.2, -0.15) is 0 Å². The van der Waals surface area contributed by atoms with Crippen molar-refractivity contribution >= 4 is 35.2 Å². The Morgan fingerprint density at radius 3 is 2.61 bits per heavy atom. The molecule has 0 radical (unpaired) electrons. The summed E-state index contributed by atoms with van der Waals surface area (Å²) in [4.78, 5) is 34.7. The molecule has 7 nitrogen and oxygen atoms in total. The molecule has 2 atom stereocenters. The first-order valence-electron chi connectivity index (χ1n) is 7.16. The van der Waals surface area contributed by atoms with Gasteiger partial charge in [0.25, 0.3) is 5.91 Å². The molecule has 0 aromatic heterocycles. The molecule has 0 bridgehead atoms. The Labute approximate surface area is 137 Å². The molecule has 1 aromatic rings. The van der Waals surface area contributed by atoms with Gasteiger partial charge in [-0.25, -0.2) is 4.79 Å². The van der Waals surface area contributed by atoms with Crippen molar-refractivity contribution in [1.29, 1.82) is 0 Å². The molecule has 0 spiro atoms. The molecular weight excluding hydrogens is 320 g/mol. The highest BCUT2D eigenvalue weighted by Crippen LogP contribution is 2.28. The number of ether oxygens (including phenoxy) is 1. The summed E-state index contributed by atoms with van der Waals surface area (Å²) >= 11 is 1.41. The van der Waals surface area contributed by atoms with Crippen LogP contribution in [0.3, 0.4) is 0 Å². The van der Waals surface area contributed by atoms with Crippen LogP contribution in [-0.2, 0) is 19.1 Å². The minimum atomic E-state index is -1.05. The SMILES string of the molecule is NC(=O)CCSc1ccccc1NC(=O)[C@@H]1CC[C@H](C(=O)O)O1. The predicted molar refractivity (Wildman–Crippen MR) is 85.1 cm³/mol. The molecule has 1 fully saturated rings. The minimum Gasteiger partial charge on any atom is -0.479 e. The second-order valence-electron chi connectivity index (χ2n) is 5.08. The van der Waals surface area contributed by atoms with Crippen LogP contribution in [0.25, 0.3) is 0 Å². The number of carboxylic acids is 1. The van der Waals surface area contributed by atoms with Gasteiger partial charge in [-0.05, 0) is 25.0 Å². The number of benzene rings is 1. The number of nitrogens with two attached hydrogens (primary N) is 1. The average Bonchev–Trinajstić information content (AvgIpc) is 2.99. The van der Waals surface area contributed by atoms with Gasteiger partial charge in [-0.3, -0.25) is 9.59 Å². The van der Waals surface area contributed by atoms with Gasteiger partial charge in [0.15, 0.2) is 6.10 Å². The van der Waals surface area contributed by atoms with Crippen LogP contribution < -0.4 is 11.1 Å². The van der Waals surface area contributed by atoms with Crippen LogP contribution in [0.1, 0.15) is 19.3 Å². The summed E-state index contributed by atoms with van der Waals surface area (Å²) in [5, 5.41) is 11.6. The fraction of sp³-hybridized carbons (Fsp3) is 0.400. The third-order valence-corrected chi connectivity index (χ3v) is 4.41. The van der Waals surface area contributed by atoms with E-state index in [1.807, 2.05) is 12.1 Å². The highest BCUT2D eigenvalue weighted by atomic mass is 32.2. The third kappa shape index (κ3) is 4.97. The zero-order chi connectivity index (χ0) is 16.8. The van der Waals surface area contributed by atoms with Gasteiger partial charge >= 0.3 is 5.97 Å². The van der Waals surface area contributed by atoms with Crippen molar-refractivity contribution in [2.75, 3.05) is 11.1 Å². The largest absolute Gasteiger partial charge is 0.479 e. The lowest BCUT2D eigenvalue weighted by Gasteiger charge is -2.14. The lowest BCUT2D eigenvalue weighted by Crippen LogP contribution is -2.30. The number of para-hydroxylation sites is 1. The lowest BCUT2D eigenvalue weighted by molar-refractivity contribution is -0.150. The molecular formula is C15H18N2O5S. The second-order valence-corrected chi connectivity index (χ2v) is 6.22. The standard InChI is InChI=1S/C15H18N2O5S/c16-13(18)7-8-23-12-4-2-1-3-9(12)17-14(19)10-5-6-11(22-10)15(20)21/h1-4,10-11H,5-8H2,(H2,16,18)(H,17,19)(H,20,21)/t10-,11+/m0/s1. The van der Waals surface area contributed by atoms with E-state index in [0.717, 1.165) is 4.90 Å².